The summed E-state index contributed by atoms with van der Waals surface area (Å²) in [5.41, 5.74) is 6.21. The second kappa shape index (κ2) is 10.00. The highest BCUT2D eigenvalue weighted by atomic mass is 35.5. The maximum Gasteiger partial charge on any atom is 0.416 e. The summed E-state index contributed by atoms with van der Waals surface area (Å²) >= 11 is 6.17. The van der Waals surface area contributed by atoms with Crippen LogP contribution in [0.4, 0.5) is 23.2 Å². The number of hydrogen-bond donors (Lipinski definition) is 1. The first-order chi connectivity index (χ1) is 17.3. The molecule has 0 amide bonds. The summed E-state index contributed by atoms with van der Waals surface area (Å²) in [6.07, 6.45) is -3.84. The largest absolute Gasteiger partial charge is 0.485 e. The number of sulfonamides is 1. The lowest BCUT2D eigenvalue weighted by Gasteiger charge is -2.37. The average molecular weight is 555 g/mol. The Balaban J connectivity index is 1.82. The highest BCUT2D eigenvalue weighted by Gasteiger charge is 2.38. The van der Waals surface area contributed by atoms with Gasteiger partial charge in [-0.25, -0.2) is 12.8 Å². The molecule has 3 aromatic rings. The van der Waals surface area contributed by atoms with Gasteiger partial charge >= 0.3 is 6.18 Å². The first-order valence-corrected chi connectivity index (χ1v) is 13.0. The van der Waals surface area contributed by atoms with E-state index in [-0.39, 0.29) is 28.6 Å². The van der Waals surface area contributed by atoms with Crippen molar-refractivity contribution in [3.8, 4) is 5.75 Å². The van der Waals surface area contributed by atoms with Crippen molar-refractivity contribution in [2.45, 2.75) is 37.1 Å². The summed E-state index contributed by atoms with van der Waals surface area (Å²) in [5.74, 6) is -0.320. The molecule has 0 aromatic heterocycles. The number of ether oxygens (including phenoxy) is 1. The van der Waals surface area contributed by atoms with Crippen LogP contribution in [0.1, 0.15) is 30.5 Å². The minimum Gasteiger partial charge on any atom is -0.485 e. The van der Waals surface area contributed by atoms with E-state index in [0.29, 0.717) is 17.2 Å². The molecule has 0 radical (unpaired) electrons. The lowest BCUT2D eigenvalue weighted by molar-refractivity contribution is -0.137. The van der Waals surface area contributed by atoms with E-state index in [2.05, 4.69) is 0 Å². The van der Waals surface area contributed by atoms with Crippen molar-refractivity contribution in [3.05, 3.63) is 88.2 Å². The van der Waals surface area contributed by atoms with Crippen LogP contribution >= 0.6 is 11.6 Å². The number of allylic oxidation sites excluding steroid dienone is 1. The van der Waals surface area contributed by atoms with E-state index < -0.39 is 44.6 Å². The number of benzene rings is 3. The van der Waals surface area contributed by atoms with Gasteiger partial charge in [-0.2, -0.15) is 13.2 Å². The van der Waals surface area contributed by atoms with Crippen molar-refractivity contribution in [1.29, 1.82) is 0 Å². The highest BCUT2D eigenvalue weighted by Crippen LogP contribution is 2.40. The Kier molecular flexibility index (Phi) is 7.29. The number of hydrogen-bond acceptors (Lipinski definition) is 4. The molecule has 0 saturated heterocycles. The number of anilines is 1. The van der Waals surface area contributed by atoms with Crippen LogP contribution in [0.3, 0.4) is 0 Å². The summed E-state index contributed by atoms with van der Waals surface area (Å²) in [6, 6.07) is 12.0. The summed E-state index contributed by atoms with van der Waals surface area (Å²) in [5, 5.41) is 0.212. The maximum atomic E-state index is 14.4. The fraction of sp³-hybridized carbons (Fsp3) is 0.231. The van der Waals surface area contributed by atoms with E-state index in [1.54, 1.807) is 38.1 Å². The van der Waals surface area contributed by atoms with Gasteiger partial charge < -0.3 is 10.5 Å². The van der Waals surface area contributed by atoms with Crippen molar-refractivity contribution >= 4 is 39.0 Å². The fourth-order valence-electron chi connectivity index (χ4n) is 4.04. The van der Waals surface area contributed by atoms with E-state index >= 15 is 0 Å². The Bertz CT molecular complexity index is 1450. The Morgan fingerprint density at radius 2 is 1.86 bits per heavy atom. The highest BCUT2D eigenvalue weighted by molar-refractivity contribution is 7.92. The smallest absolute Gasteiger partial charge is 0.416 e. The third-order valence-corrected chi connectivity index (χ3v) is 8.04. The van der Waals surface area contributed by atoms with Crippen LogP contribution in [0, 0.1) is 5.82 Å². The summed E-state index contributed by atoms with van der Waals surface area (Å²) in [4.78, 5) is -0.520. The zero-order valence-corrected chi connectivity index (χ0v) is 21.3. The molecule has 5 nitrogen and oxygen atoms in total. The van der Waals surface area contributed by atoms with Gasteiger partial charge in [-0.3, -0.25) is 4.31 Å². The second-order valence-electron chi connectivity index (χ2n) is 8.73. The van der Waals surface area contributed by atoms with Crippen molar-refractivity contribution in [1.82, 2.24) is 0 Å². The first kappa shape index (κ1) is 27.0. The van der Waals surface area contributed by atoms with Crippen LogP contribution in [0.2, 0.25) is 5.02 Å². The summed E-state index contributed by atoms with van der Waals surface area (Å²) in [7, 11) is -4.44. The van der Waals surface area contributed by atoms with Gasteiger partial charge in [-0.15, -0.1) is 0 Å². The minimum absolute atomic E-state index is 0.121. The summed E-state index contributed by atoms with van der Waals surface area (Å²) in [6.45, 7) is 3.08. The van der Waals surface area contributed by atoms with Gasteiger partial charge in [0.1, 0.15) is 17.7 Å². The maximum absolute atomic E-state index is 14.4. The molecule has 3 aromatic carbocycles. The van der Waals surface area contributed by atoms with Crippen LogP contribution in [-0.4, -0.2) is 27.1 Å². The number of rotatable bonds is 5. The van der Waals surface area contributed by atoms with Gasteiger partial charge in [-0.05, 0) is 67.4 Å². The Morgan fingerprint density at radius 1 is 1.16 bits per heavy atom. The molecule has 4 rings (SSSR count). The Hall–Kier alpha value is -3.08. The van der Waals surface area contributed by atoms with E-state index in [1.165, 1.54) is 18.2 Å². The van der Waals surface area contributed by atoms with Crippen LogP contribution in [0.25, 0.3) is 11.6 Å². The number of nitrogens with two attached hydrogens (primary N) is 1. The lowest BCUT2D eigenvalue weighted by atomic mass is 10.0. The van der Waals surface area contributed by atoms with Gasteiger partial charge in [-0.1, -0.05) is 35.9 Å². The Labute approximate surface area is 217 Å². The predicted octanol–water partition coefficient (Wildman–Crippen LogP) is 6.36. The van der Waals surface area contributed by atoms with Crippen molar-refractivity contribution in [3.63, 3.8) is 0 Å². The van der Waals surface area contributed by atoms with Crippen molar-refractivity contribution < 1.29 is 30.7 Å². The third kappa shape index (κ3) is 5.46. The summed E-state index contributed by atoms with van der Waals surface area (Å²) < 4.78 is 88.4. The van der Waals surface area contributed by atoms with Crippen molar-refractivity contribution in [2.24, 2.45) is 5.73 Å². The van der Waals surface area contributed by atoms with E-state index in [4.69, 9.17) is 22.1 Å². The zero-order chi connectivity index (χ0) is 27.1. The average Bonchev–Trinajstić information content (AvgIpc) is 2.82. The normalized spacial score (nSPS) is 17.2. The first-order valence-electron chi connectivity index (χ1n) is 11.2. The fourth-order valence-corrected chi connectivity index (χ4v) is 5.88. The van der Waals surface area contributed by atoms with Gasteiger partial charge in [0.15, 0.2) is 0 Å². The van der Waals surface area contributed by atoms with E-state index in [0.717, 1.165) is 22.5 Å². The molecule has 37 heavy (non-hydrogen) atoms. The predicted molar refractivity (Wildman–Crippen MR) is 135 cm³/mol. The van der Waals surface area contributed by atoms with Crippen LogP contribution in [0.15, 0.2) is 65.6 Å². The molecular weight excluding hydrogens is 532 g/mol. The molecule has 196 valence electrons. The van der Waals surface area contributed by atoms with Gasteiger partial charge in [0.25, 0.3) is 10.0 Å². The lowest BCUT2D eigenvalue weighted by Crippen LogP contribution is -2.50. The second-order valence-corrected chi connectivity index (χ2v) is 11.0. The van der Waals surface area contributed by atoms with E-state index in [9.17, 15) is 26.0 Å². The number of halogens is 5. The topological polar surface area (TPSA) is 72.6 Å². The molecule has 1 aliphatic heterocycles. The minimum atomic E-state index is -4.72. The molecule has 1 heterocycles. The molecule has 2 atom stereocenters. The molecule has 0 fully saturated rings. The SMILES string of the molecule is C/C(=C\c1ccc2c(c1)N(S(=O)(=O)c1cccc(C(F)(F)F)c1)CC([C@@H](C)N)O2)c1c(F)cccc1Cl. The quantitative estimate of drug-likeness (QED) is 0.294. The van der Waals surface area contributed by atoms with Crippen LogP contribution < -0.4 is 14.8 Å². The molecule has 1 unspecified atom stereocenters. The third-order valence-electron chi connectivity index (χ3n) is 5.95. The Morgan fingerprint density at radius 3 is 2.51 bits per heavy atom. The monoisotopic (exact) mass is 554 g/mol. The van der Waals surface area contributed by atoms with Gasteiger partial charge in [0, 0.05) is 11.6 Å². The molecule has 0 spiro atoms. The molecule has 0 aliphatic carbocycles. The number of alkyl halides is 3. The molecule has 11 heteroatoms. The zero-order valence-electron chi connectivity index (χ0n) is 19.8. The standard InChI is InChI=1S/C26H23ClF4N2O3S/c1-15(25-20(27)7-4-8-21(25)28)11-17-9-10-23-22(12-17)33(14-24(36-23)16(2)32)37(34,35)19-6-3-5-18(13-19)26(29,30)31/h3-13,16,24H,14,32H2,1-2H3/b15-11+/t16-,24?/m1/s1. The molecule has 0 bridgehead atoms. The van der Waals surface area contributed by atoms with Crippen LogP contribution in [0.5, 0.6) is 5.75 Å². The van der Waals surface area contributed by atoms with Gasteiger partial charge in [0.2, 0.25) is 0 Å². The molecule has 2 N–H and O–H groups in total. The van der Waals surface area contributed by atoms with Crippen molar-refractivity contribution in [2.75, 3.05) is 10.8 Å². The number of nitrogens with zero attached hydrogens (tertiary/aromatic N) is 1. The molecule has 1 aliphatic rings. The van der Waals surface area contributed by atoms with Gasteiger partial charge in [0.05, 0.1) is 27.7 Å². The molecular formula is C26H23ClF4N2O3S. The van der Waals surface area contributed by atoms with E-state index in [1.807, 2.05) is 0 Å². The number of fused-ring (bicyclic) bond motifs is 1. The molecule has 0 saturated carbocycles. The van der Waals surface area contributed by atoms with Crippen LogP contribution in [-0.2, 0) is 16.2 Å².